The highest BCUT2D eigenvalue weighted by Crippen LogP contribution is 2.30. The summed E-state index contributed by atoms with van der Waals surface area (Å²) in [7, 11) is 2.03. The van der Waals surface area contributed by atoms with Gasteiger partial charge in [0.1, 0.15) is 6.26 Å². The zero-order valence-corrected chi connectivity index (χ0v) is 12.3. The van der Waals surface area contributed by atoms with Gasteiger partial charge in [-0.25, -0.2) is 9.78 Å². The maximum absolute atomic E-state index is 10.7. The molecule has 1 unspecified atom stereocenters. The van der Waals surface area contributed by atoms with Crippen LogP contribution in [0.15, 0.2) is 10.7 Å². The first-order chi connectivity index (χ1) is 9.56. The van der Waals surface area contributed by atoms with E-state index in [9.17, 15) is 4.79 Å². The maximum atomic E-state index is 10.7. The minimum atomic E-state index is -1.04. The van der Waals surface area contributed by atoms with Crippen molar-refractivity contribution in [2.75, 3.05) is 13.6 Å². The number of oxazole rings is 1. The van der Waals surface area contributed by atoms with Gasteiger partial charge in [-0.1, -0.05) is 39.0 Å². The first kappa shape index (κ1) is 15.0. The molecule has 2 rings (SSSR count). The van der Waals surface area contributed by atoms with E-state index in [1.807, 2.05) is 7.05 Å². The summed E-state index contributed by atoms with van der Waals surface area (Å²) < 4.78 is 5.19. The molecule has 1 atom stereocenters. The monoisotopic (exact) mass is 280 g/mol. The fourth-order valence-corrected chi connectivity index (χ4v) is 3.12. The Hall–Kier alpha value is -1.36. The topological polar surface area (TPSA) is 66.6 Å². The molecule has 0 saturated heterocycles. The molecule has 20 heavy (non-hydrogen) atoms. The molecule has 0 bridgehead atoms. The van der Waals surface area contributed by atoms with E-state index in [0.717, 1.165) is 12.5 Å². The summed E-state index contributed by atoms with van der Waals surface area (Å²) in [5.41, 5.74) is -0.0197. The van der Waals surface area contributed by atoms with Gasteiger partial charge in [0.15, 0.2) is 5.69 Å². The van der Waals surface area contributed by atoms with Crippen LogP contribution in [0.1, 0.15) is 55.4 Å². The summed E-state index contributed by atoms with van der Waals surface area (Å²) in [6, 6.07) is 0. The molecule has 0 aliphatic heterocycles. The van der Waals surface area contributed by atoms with Crippen LogP contribution in [-0.2, 0) is 6.54 Å². The predicted octanol–water partition coefficient (Wildman–Crippen LogP) is 3.02. The molecule has 0 spiro atoms. The van der Waals surface area contributed by atoms with Gasteiger partial charge in [-0.2, -0.15) is 0 Å². The molecule has 5 nitrogen and oxygen atoms in total. The van der Waals surface area contributed by atoms with Crippen LogP contribution in [0.25, 0.3) is 0 Å². The number of nitrogens with zero attached hydrogens (tertiary/aromatic N) is 2. The highest BCUT2D eigenvalue weighted by molar-refractivity contribution is 5.84. The number of rotatable bonds is 6. The molecule has 5 heteroatoms. The molecule has 0 aromatic carbocycles. The van der Waals surface area contributed by atoms with E-state index in [0.29, 0.717) is 18.4 Å². The molecule has 1 N–H and O–H groups in total. The van der Waals surface area contributed by atoms with E-state index in [1.54, 1.807) is 0 Å². The average Bonchev–Trinajstić information content (AvgIpc) is 2.88. The summed E-state index contributed by atoms with van der Waals surface area (Å²) in [6.45, 7) is 3.87. The van der Waals surface area contributed by atoms with Gasteiger partial charge in [0, 0.05) is 6.54 Å². The van der Waals surface area contributed by atoms with E-state index in [-0.39, 0.29) is 5.69 Å². The van der Waals surface area contributed by atoms with Gasteiger partial charge in [-0.3, -0.25) is 4.90 Å². The number of aromatic carboxylic acids is 1. The molecular weight excluding hydrogens is 256 g/mol. The van der Waals surface area contributed by atoms with Gasteiger partial charge in [0.25, 0.3) is 0 Å². The second-order valence-corrected chi connectivity index (χ2v) is 6.00. The minimum Gasteiger partial charge on any atom is -0.476 e. The Bertz CT molecular complexity index is 438. The quantitative estimate of drug-likeness (QED) is 0.867. The number of hydrogen-bond acceptors (Lipinski definition) is 4. The second kappa shape index (κ2) is 6.88. The minimum absolute atomic E-state index is 0.0197. The normalized spacial score (nSPS) is 18.4. The third-order valence-corrected chi connectivity index (χ3v) is 4.23. The molecule has 1 heterocycles. The zero-order valence-electron chi connectivity index (χ0n) is 12.3. The third-order valence-electron chi connectivity index (χ3n) is 4.23. The van der Waals surface area contributed by atoms with Crippen molar-refractivity contribution in [3.63, 3.8) is 0 Å². The van der Waals surface area contributed by atoms with Gasteiger partial charge in [-0.15, -0.1) is 0 Å². The molecule has 1 fully saturated rings. The molecular formula is C15H24N2O3. The van der Waals surface area contributed by atoms with Crippen molar-refractivity contribution in [2.45, 2.75) is 45.6 Å². The zero-order chi connectivity index (χ0) is 14.5. The Morgan fingerprint density at radius 2 is 2.20 bits per heavy atom. The fourth-order valence-electron chi connectivity index (χ4n) is 3.12. The number of carbonyl (C=O) groups is 1. The molecule has 0 radical (unpaired) electrons. The van der Waals surface area contributed by atoms with E-state index < -0.39 is 5.97 Å². The van der Waals surface area contributed by atoms with Gasteiger partial charge >= 0.3 is 5.97 Å². The van der Waals surface area contributed by atoms with Crippen LogP contribution in [0.3, 0.4) is 0 Å². The van der Waals surface area contributed by atoms with Crippen LogP contribution in [0.5, 0.6) is 0 Å². The number of carboxylic acid groups (broad SMARTS) is 1. The van der Waals surface area contributed by atoms with Crippen LogP contribution in [0.2, 0.25) is 0 Å². The molecule has 1 saturated carbocycles. The summed E-state index contributed by atoms with van der Waals surface area (Å²) >= 11 is 0. The first-order valence-corrected chi connectivity index (χ1v) is 7.42. The van der Waals surface area contributed by atoms with Crippen molar-refractivity contribution >= 4 is 5.97 Å². The van der Waals surface area contributed by atoms with Gasteiger partial charge < -0.3 is 9.52 Å². The molecule has 1 aliphatic rings. The Morgan fingerprint density at radius 3 is 2.80 bits per heavy atom. The highest BCUT2D eigenvalue weighted by Gasteiger charge is 2.21. The first-order valence-electron chi connectivity index (χ1n) is 7.42. The lowest BCUT2D eigenvalue weighted by Gasteiger charge is -2.30. The van der Waals surface area contributed by atoms with Gasteiger partial charge in [0.2, 0.25) is 5.89 Å². The Morgan fingerprint density at radius 1 is 1.50 bits per heavy atom. The lowest BCUT2D eigenvalue weighted by molar-refractivity contribution is 0.0690. The summed E-state index contributed by atoms with van der Waals surface area (Å²) in [5.74, 6) is 0.915. The van der Waals surface area contributed by atoms with Crippen molar-refractivity contribution in [1.82, 2.24) is 9.88 Å². The largest absolute Gasteiger partial charge is 0.476 e. The molecule has 0 amide bonds. The Labute approximate surface area is 120 Å². The van der Waals surface area contributed by atoms with E-state index in [2.05, 4.69) is 16.8 Å². The third kappa shape index (κ3) is 4.07. The van der Waals surface area contributed by atoms with Crippen LogP contribution in [-0.4, -0.2) is 34.6 Å². The lowest BCUT2D eigenvalue weighted by Crippen LogP contribution is -2.29. The van der Waals surface area contributed by atoms with E-state index >= 15 is 0 Å². The summed E-state index contributed by atoms with van der Waals surface area (Å²) in [5, 5.41) is 8.81. The van der Waals surface area contributed by atoms with Gasteiger partial charge in [0.05, 0.1) is 6.54 Å². The Balaban J connectivity index is 1.81. The van der Waals surface area contributed by atoms with Crippen molar-refractivity contribution in [1.29, 1.82) is 0 Å². The van der Waals surface area contributed by atoms with Crippen molar-refractivity contribution in [3.8, 4) is 0 Å². The number of carboxylic acids is 1. The maximum Gasteiger partial charge on any atom is 0.357 e. The Kier molecular flexibility index (Phi) is 5.17. The van der Waals surface area contributed by atoms with Crippen LogP contribution in [0.4, 0.5) is 0 Å². The van der Waals surface area contributed by atoms with Crippen molar-refractivity contribution < 1.29 is 14.3 Å². The molecule has 112 valence electrons. The van der Waals surface area contributed by atoms with E-state index in [1.165, 1.54) is 38.4 Å². The van der Waals surface area contributed by atoms with Crippen LogP contribution < -0.4 is 0 Å². The lowest BCUT2D eigenvalue weighted by atomic mass is 9.81. The number of hydrogen-bond donors (Lipinski definition) is 1. The van der Waals surface area contributed by atoms with E-state index in [4.69, 9.17) is 9.52 Å². The predicted molar refractivity (Wildman–Crippen MR) is 75.5 cm³/mol. The van der Waals surface area contributed by atoms with Crippen molar-refractivity contribution in [3.05, 3.63) is 17.8 Å². The second-order valence-electron chi connectivity index (χ2n) is 6.00. The molecule has 1 aromatic rings. The SMILES string of the molecule is CC(CN(C)Cc1nc(C(=O)O)co1)C1CCCCC1. The smallest absolute Gasteiger partial charge is 0.357 e. The van der Waals surface area contributed by atoms with Crippen LogP contribution >= 0.6 is 0 Å². The summed E-state index contributed by atoms with van der Waals surface area (Å²) in [4.78, 5) is 16.9. The summed E-state index contributed by atoms with van der Waals surface area (Å²) in [6.07, 6.45) is 8.00. The number of aromatic nitrogens is 1. The fraction of sp³-hybridized carbons (Fsp3) is 0.733. The highest BCUT2D eigenvalue weighted by atomic mass is 16.4. The molecule has 1 aliphatic carbocycles. The molecule has 1 aromatic heterocycles. The standard InChI is InChI=1S/C15H24N2O3/c1-11(12-6-4-3-5-7-12)8-17(2)9-14-16-13(10-20-14)15(18)19/h10-12H,3-9H2,1-2H3,(H,18,19). The van der Waals surface area contributed by atoms with Crippen molar-refractivity contribution in [2.24, 2.45) is 11.8 Å². The van der Waals surface area contributed by atoms with Crippen LogP contribution in [0, 0.1) is 11.8 Å². The van der Waals surface area contributed by atoms with Gasteiger partial charge in [-0.05, 0) is 18.9 Å². The average molecular weight is 280 g/mol.